The van der Waals surface area contributed by atoms with E-state index in [4.69, 9.17) is 10.8 Å². The molecule has 0 aromatic heterocycles. The van der Waals surface area contributed by atoms with E-state index in [0.29, 0.717) is 12.0 Å². The highest BCUT2D eigenvalue weighted by molar-refractivity contribution is 5.85. The Hall–Kier alpha value is -1.55. The number of ketones is 1. The largest absolute Gasteiger partial charge is 0.504 e. The third-order valence-electron chi connectivity index (χ3n) is 2.42. The lowest BCUT2D eigenvalue weighted by atomic mass is 9.90. The van der Waals surface area contributed by atoms with E-state index in [9.17, 15) is 9.90 Å². The van der Waals surface area contributed by atoms with Gasteiger partial charge in [0.05, 0.1) is 5.54 Å². The van der Waals surface area contributed by atoms with Crippen LogP contribution in [0.1, 0.15) is 19.4 Å². The van der Waals surface area contributed by atoms with Crippen molar-refractivity contribution in [2.75, 3.05) is 0 Å². The minimum atomic E-state index is -0.941. The van der Waals surface area contributed by atoms with Gasteiger partial charge in [0.15, 0.2) is 11.5 Å². The zero-order valence-corrected chi connectivity index (χ0v) is 8.82. The molecular weight excluding hydrogens is 194 g/mol. The molecule has 15 heavy (non-hydrogen) atoms. The zero-order chi connectivity index (χ0) is 11.6. The van der Waals surface area contributed by atoms with E-state index in [1.54, 1.807) is 13.0 Å². The van der Waals surface area contributed by atoms with Gasteiger partial charge in [-0.15, -0.1) is 0 Å². The minimum Gasteiger partial charge on any atom is -0.504 e. The first-order valence-corrected chi connectivity index (χ1v) is 4.64. The van der Waals surface area contributed by atoms with Crippen LogP contribution in [0.2, 0.25) is 0 Å². The SMILES string of the molecule is CC(=O)[C@](C)(N)Cc1ccc(O)c(O)c1. The van der Waals surface area contributed by atoms with E-state index in [1.807, 2.05) is 0 Å². The molecule has 0 aliphatic carbocycles. The second-order valence-corrected chi connectivity index (χ2v) is 3.97. The lowest BCUT2D eigenvalue weighted by molar-refractivity contribution is -0.121. The van der Waals surface area contributed by atoms with Crippen LogP contribution in [-0.2, 0) is 11.2 Å². The molecule has 0 aliphatic heterocycles. The molecular formula is C11H15NO3. The Kier molecular flexibility index (Phi) is 3.00. The lowest BCUT2D eigenvalue weighted by Crippen LogP contribution is -2.45. The van der Waals surface area contributed by atoms with Crippen molar-refractivity contribution in [3.05, 3.63) is 23.8 Å². The van der Waals surface area contributed by atoms with Crippen molar-refractivity contribution in [2.24, 2.45) is 5.73 Å². The van der Waals surface area contributed by atoms with E-state index < -0.39 is 5.54 Å². The van der Waals surface area contributed by atoms with Crippen LogP contribution in [0.5, 0.6) is 11.5 Å². The van der Waals surface area contributed by atoms with Crippen LogP contribution < -0.4 is 5.73 Å². The molecule has 0 unspecified atom stereocenters. The van der Waals surface area contributed by atoms with Crippen LogP contribution in [0.3, 0.4) is 0 Å². The first-order valence-electron chi connectivity index (χ1n) is 4.64. The number of benzene rings is 1. The molecule has 0 radical (unpaired) electrons. The van der Waals surface area contributed by atoms with Gasteiger partial charge >= 0.3 is 0 Å². The van der Waals surface area contributed by atoms with E-state index in [-0.39, 0.29) is 17.3 Å². The second-order valence-electron chi connectivity index (χ2n) is 3.97. The number of nitrogens with two attached hydrogens (primary N) is 1. The maximum Gasteiger partial charge on any atom is 0.157 e. The molecule has 82 valence electrons. The van der Waals surface area contributed by atoms with E-state index in [2.05, 4.69) is 0 Å². The van der Waals surface area contributed by atoms with E-state index in [1.165, 1.54) is 19.1 Å². The zero-order valence-electron chi connectivity index (χ0n) is 8.82. The van der Waals surface area contributed by atoms with Gasteiger partial charge in [-0.05, 0) is 38.0 Å². The van der Waals surface area contributed by atoms with Crippen molar-refractivity contribution in [2.45, 2.75) is 25.8 Å². The molecule has 0 saturated carbocycles. The molecule has 4 heteroatoms. The second kappa shape index (κ2) is 3.90. The molecule has 0 saturated heterocycles. The Morgan fingerprint density at radius 1 is 1.40 bits per heavy atom. The molecule has 1 rings (SSSR count). The highest BCUT2D eigenvalue weighted by Crippen LogP contribution is 2.26. The topological polar surface area (TPSA) is 83.6 Å². The Morgan fingerprint density at radius 2 is 2.00 bits per heavy atom. The van der Waals surface area contributed by atoms with Gasteiger partial charge in [-0.1, -0.05) is 6.07 Å². The highest BCUT2D eigenvalue weighted by Gasteiger charge is 2.24. The minimum absolute atomic E-state index is 0.116. The predicted molar refractivity (Wildman–Crippen MR) is 56.7 cm³/mol. The van der Waals surface area contributed by atoms with Crippen molar-refractivity contribution in [3.8, 4) is 11.5 Å². The predicted octanol–water partition coefficient (Wildman–Crippen LogP) is 0.947. The number of hydrogen-bond donors (Lipinski definition) is 3. The fraction of sp³-hybridized carbons (Fsp3) is 0.364. The Labute approximate surface area is 88.3 Å². The summed E-state index contributed by atoms with van der Waals surface area (Å²) in [7, 11) is 0. The van der Waals surface area contributed by atoms with E-state index >= 15 is 0 Å². The Morgan fingerprint density at radius 3 is 2.47 bits per heavy atom. The summed E-state index contributed by atoms with van der Waals surface area (Å²) in [6.07, 6.45) is 0.330. The van der Waals surface area contributed by atoms with Gasteiger partial charge in [-0.25, -0.2) is 0 Å². The summed E-state index contributed by atoms with van der Waals surface area (Å²) in [5.41, 5.74) is 5.56. The number of aromatic hydroxyl groups is 2. The Balaban J connectivity index is 2.91. The summed E-state index contributed by atoms with van der Waals surface area (Å²) in [6.45, 7) is 3.07. The molecule has 0 heterocycles. The summed E-state index contributed by atoms with van der Waals surface area (Å²) in [6, 6.07) is 4.41. The number of phenolic OH excluding ortho intramolecular Hbond substituents is 2. The van der Waals surface area contributed by atoms with E-state index in [0.717, 1.165) is 0 Å². The Bertz CT molecular complexity index is 385. The van der Waals surface area contributed by atoms with Crippen LogP contribution >= 0.6 is 0 Å². The van der Waals surface area contributed by atoms with Crippen LogP contribution in [0, 0.1) is 0 Å². The summed E-state index contributed by atoms with van der Waals surface area (Å²) in [5.74, 6) is -0.498. The summed E-state index contributed by atoms with van der Waals surface area (Å²) in [5, 5.41) is 18.4. The number of Topliss-reactive ketones (excluding diaryl/α,β-unsaturated/α-hetero) is 1. The van der Waals surface area contributed by atoms with Crippen molar-refractivity contribution >= 4 is 5.78 Å². The smallest absolute Gasteiger partial charge is 0.157 e. The number of carbonyl (C=O) groups excluding carboxylic acids is 1. The van der Waals surface area contributed by atoms with Gasteiger partial charge in [0, 0.05) is 0 Å². The molecule has 0 amide bonds. The quantitative estimate of drug-likeness (QED) is 0.647. The van der Waals surface area contributed by atoms with Gasteiger partial charge in [0.2, 0.25) is 0 Å². The average molecular weight is 209 g/mol. The van der Waals surface area contributed by atoms with Gasteiger partial charge < -0.3 is 15.9 Å². The molecule has 1 aromatic rings. The highest BCUT2D eigenvalue weighted by atomic mass is 16.3. The number of phenols is 2. The fourth-order valence-corrected chi connectivity index (χ4v) is 1.23. The van der Waals surface area contributed by atoms with Crippen LogP contribution in [-0.4, -0.2) is 21.5 Å². The van der Waals surface area contributed by atoms with Crippen molar-refractivity contribution < 1.29 is 15.0 Å². The standard InChI is InChI=1S/C11H15NO3/c1-7(13)11(2,12)6-8-3-4-9(14)10(15)5-8/h3-5,14-15H,6,12H2,1-2H3/t11-/m1/s1. The van der Waals surface area contributed by atoms with Crippen LogP contribution in [0.4, 0.5) is 0 Å². The van der Waals surface area contributed by atoms with Crippen molar-refractivity contribution in [1.29, 1.82) is 0 Å². The first kappa shape index (κ1) is 11.5. The number of carbonyl (C=O) groups is 1. The first-order chi connectivity index (χ1) is 6.83. The van der Waals surface area contributed by atoms with Gasteiger partial charge in [-0.2, -0.15) is 0 Å². The summed E-state index contributed by atoms with van der Waals surface area (Å²) >= 11 is 0. The van der Waals surface area contributed by atoms with Gasteiger partial charge in [-0.3, -0.25) is 4.79 Å². The third kappa shape index (κ3) is 2.70. The number of rotatable bonds is 3. The number of hydrogen-bond acceptors (Lipinski definition) is 4. The molecule has 1 aromatic carbocycles. The van der Waals surface area contributed by atoms with Gasteiger partial charge in [0.1, 0.15) is 5.78 Å². The van der Waals surface area contributed by atoms with Crippen LogP contribution in [0.25, 0.3) is 0 Å². The molecule has 0 fully saturated rings. The van der Waals surface area contributed by atoms with Crippen molar-refractivity contribution in [3.63, 3.8) is 0 Å². The molecule has 4 nitrogen and oxygen atoms in total. The maximum absolute atomic E-state index is 11.2. The third-order valence-corrected chi connectivity index (χ3v) is 2.42. The normalized spacial score (nSPS) is 14.6. The summed E-state index contributed by atoms with van der Waals surface area (Å²) in [4.78, 5) is 11.2. The molecule has 0 bridgehead atoms. The molecule has 1 atom stereocenters. The maximum atomic E-state index is 11.2. The monoisotopic (exact) mass is 209 g/mol. The molecule has 0 aliphatic rings. The lowest BCUT2D eigenvalue weighted by Gasteiger charge is -2.21. The molecule has 0 spiro atoms. The molecule has 4 N–H and O–H groups in total. The fourth-order valence-electron chi connectivity index (χ4n) is 1.23. The van der Waals surface area contributed by atoms with Crippen molar-refractivity contribution in [1.82, 2.24) is 0 Å². The van der Waals surface area contributed by atoms with Gasteiger partial charge in [0.25, 0.3) is 0 Å². The average Bonchev–Trinajstić information content (AvgIpc) is 2.10. The summed E-state index contributed by atoms with van der Waals surface area (Å²) < 4.78 is 0. The van der Waals surface area contributed by atoms with Crippen LogP contribution in [0.15, 0.2) is 18.2 Å².